The van der Waals surface area contributed by atoms with Crippen LogP contribution >= 0.6 is 22.6 Å². The fourth-order valence-corrected chi connectivity index (χ4v) is 2.61. The highest BCUT2D eigenvalue weighted by Gasteiger charge is 2.32. The molecular weight excluding hydrogens is 337 g/mol. The van der Waals surface area contributed by atoms with Gasteiger partial charge in [-0.2, -0.15) is 0 Å². The first-order valence-electron chi connectivity index (χ1n) is 5.55. The lowest BCUT2D eigenvalue weighted by atomic mass is 9.88. The molecule has 0 radical (unpaired) electrons. The summed E-state index contributed by atoms with van der Waals surface area (Å²) in [5.74, 6) is 0. The van der Waals surface area contributed by atoms with Gasteiger partial charge >= 0.3 is 6.09 Å². The lowest BCUT2D eigenvalue weighted by Crippen LogP contribution is -2.48. The van der Waals surface area contributed by atoms with Crippen molar-refractivity contribution in [2.45, 2.75) is 39.3 Å². The second-order valence-electron chi connectivity index (χ2n) is 5.14. The first kappa shape index (κ1) is 14.7. The lowest BCUT2D eigenvalue weighted by molar-refractivity contribution is -0.113. The first-order chi connectivity index (χ1) is 7.80. The summed E-state index contributed by atoms with van der Waals surface area (Å²) in [6, 6.07) is -0.544. The van der Waals surface area contributed by atoms with Crippen LogP contribution in [-0.4, -0.2) is 35.2 Å². The Balaban J connectivity index is 2.49. The summed E-state index contributed by atoms with van der Waals surface area (Å²) in [5.41, 5.74) is -0.330. The molecule has 5 nitrogen and oxygen atoms in total. The standard InChI is InChI=1S/C11H18INO4/c1-11(2,3)8(9(12)14)13-10(15)17-7-4-5-16-6-7/h7-8H,4-6H2,1-3H3,(H,13,15). The number of alkyl carbamates (subject to hydrolysis) is 1. The Kier molecular flexibility index (Phi) is 5.18. The Morgan fingerprint density at radius 2 is 2.12 bits per heavy atom. The first-order valence-corrected chi connectivity index (χ1v) is 6.63. The molecule has 98 valence electrons. The zero-order valence-electron chi connectivity index (χ0n) is 10.3. The van der Waals surface area contributed by atoms with Crippen LogP contribution in [0, 0.1) is 5.41 Å². The molecule has 17 heavy (non-hydrogen) atoms. The number of carbonyl (C=O) groups excluding carboxylic acids is 2. The van der Waals surface area contributed by atoms with Crippen LogP contribution in [0.25, 0.3) is 0 Å². The second kappa shape index (κ2) is 5.99. The van der Waals surface area contributed by atoms with Gasteiger partial charge in [0.1, 0.15) is 12.1 Å². The number of carbonyl (C=O) groups is 2. The van der Waals surface area contributed by atoms with Crippen molar-refractivity contribution in [3.8, 4) is 0 Å². The van der Waals surface area contributed by atoms with Crippen LogP contribution in [-0.2, 0) is 14.3 Å². The number of nitrogens with one attached hydrogen (secondary N) is 1. The van der Waals surface area contributed by atoms with Gasteiger partial charge in [-0.25, -0.2) is 4.79 Å². The molecule has 0 saturated carbocycles. The minimum Gasteiger partial charge on any atom is -0.444 e. The van der Waals surface area contributed by atoms with Crippen molar-refractivity contribution < 1.29 is 19.1 Å². The van der Waals surface area contributed by atoms with E-state index in [0.717, 1.165) is 0 Å². The van der Waals surface area contributed by atoms with E-state index in [4.69, 9.17) is 9.47 Å². The molecule has 0 bridgehead atoms. The van der Waals surface area contributed by atoms with E-state index in [1.807, 2.05) is 20.8 Å². The van der Waals surface area contributed by atoms with Gasteiger partial charge < -0.3 is 14.8 Å². The molecule has 0 aromatic carbocycles. The third-order valence-electron chi connectivity index (χ3n) is 2.52. The van der Waals surface area contributed by atoms with E-state index < -0.39 is 12.1 Å². The number of hydrogen-bond donors (Lipinski definition) is 1. The number of ether oxygens (including phenoxy) is 2. The Bertz CT molecular complexity index is 294. The van der Waals surface area contributed by atoms with E-state index in [2.05, 4.69) is 5.32 Å². The molecule has 0 spiro atoms. The van der Waals surface area contributed by atoms with Gasteiger partial charge in [0, 0.05) is 29.0 Å². The number of halogens is 1. The minimum absolute atomic E-state index is 0.102. The average Bonchev–Trinajstić information content (AvgIpc) is 2.64. The molecule has 1 N–H and O–H groups in total. The topological polar surface area (TPSA) is 64.6 Å². The molecule has 6 heteroatoms. The largest absolute Gasteiger partial charge is 0.444 e. The van der Waals surface area contributed by atoms with E-state index in [1.54, 1.807) is 22.6 Å². The SMILES string of the molecule is CC(C)(C)C(NC(=O)OC1CCOC1)C(=O)I. The van der Waals surface area contributed by atoms with E-state index in [9.17, 15) is 9.59 Å². The van der Waals surface area contributed by atoms with Gasteiger partial charge in [0.2, 0.25) is 3.79 Å². The van der Waals surface area contributed by atoms with Crippen LogP contribution in [0.2, 0.25) is 0 Å². The number of hydrogen-bond acceptors (Lipinski definition) is 4. The lowest BCUT2D eigenvalue weighted by Gasteiger charge is -2.28. The predicted molar refractivity (Wildman–Crippen MR) is 71.1 cm³/mol. The van der Waals surface area contributed by atoms with Gasteiger partial charge in [0.05, 0.1) is 13.2 Å². The van der Waals surface area contributed by atoms with Crippen LogP contribution in [0.4, 0.5) is 4.79 Å². The van der Waals surface area contributed by atoms with Crippen LogP contribution in [0.3, 0.4) is 0 Å². The van der Waals surface area contributed by atoms with E-state index in [0.29, 0.717) is 19.6 Å². The van der Waals surface area contributed by atoms with Crippen LogP contribution in [0.15, 0.2) is 0 Å². The van der Waals surface area contributed by atoms with Gasteiger partial charge in [-0.3, -0.25) is 4.79 Å². The minimum atomic E-state index is -0.551. The van der Waals surface area contributed by atoms with Crippen LogP contribution in [0.1, 0.15) is 27.2 Å². The molecule has 2 atom stereocenters. The molecule has 0 aromatic rings. The van der Waals surface area contributed by atoms with Crippen molar-refractivity contribution in [3.63, 3.8) is 0 Å². The Morgan fingerprint density at radius 1 is 1.47 bits per heavy atom. The Labute approximate surface area is 115 Å². The predicted octanol–water partition coefficient (Wildman–Crippen LogP) is 1.88. The fourth-order valence-electron chi connectivity index (χ4n) is 1.52. The van der Waals surface area contributed by atoms with Crippen LogP contribution < -0.4 is 5.32 Å². The monoisotopic (exact) mass is 355 g/mol. The highest BCUT2D eigenvalue weighted by atomic mass is 127. The molecule has 1 heterocycles. The fraction of sp³-hybridized carbons (Fsp3) is 0.818. The second-order valence-corrected chi connectivity index (χ2v) is 6.20. The average molecular weight is 355 g/mol. The molecule has 1 aliphatic rings. The van der Waals surface area contributed by atoms with Crippen molar-refractivity contribution in [3.05, 3.63) is 0 Å². The molecule has 2 unspecified atom stereocenters. The smallest absolute Gasteiger partial charge is 0.408 e. The molecular formula is C11H18INO4. The summed E-state index contributed by atoms with van der Waals surface area (Å²) < 4.78 is 10.2. The summed E-state index contributed by atoms with van der Waals surface area (Å²) >= 11 is 1.69. The molecule has 1 fully saturated rings. The normalized spacial score (nSPS) is 22.0. The Morgan fingerprint density at radius 3 is 2.53 bits per heavy atom. The van der Waals surface area contributed by atoms with Crippen molar-refractivity contribution in [2.75, 3.05) is 13.2 Å². The van der Waals surface area contributed by atoms with Gasteiger partial charge in [0.15, 0.2) is 0 Å². The zero-order chi connectivity index (χ0) is 13.1. The third kappa shape index (κ3) is 4.79. The molecule has 1 saturated heterocycles. The molecule has 0 aromatic heterocycles. The number of rotatable bonds is 3. The van der Waals surface area contributed by atoms with Gasteiger partial charge in [0.25, 0.3) is 0 Å². The van der Waals surface area contributed by atoms with Gasteiger partial charge in [-0.05, 0) is 5.41 Å². The summed E-state index contributed by atoms with van der Waals surface area (Å²) in [6.07, 6.45) is -0.0310. The maximum Gasteiger partial charge on any atom is 0.408 e. The molecule has 0 aliphatic carbocycles. The third-order valence-corrected chi connectivity index (χ3v) is 3.14. The van der Waals surface area contributed by atoms with Gasteiger partial charge in [-0.15, -0.1) is 0 Å². The summed E-state index contributed by atoms with van der Waals surface area (Å²) in [5, 5.41) is 2.61. The highest BCUT2D eigenvalue weighted by Crippen LogP contribution is 2.22. The maximum atomic E-state index is 11.6. The maximum absolute atomic E-state index is 11.6. The summed E-state index contributed by atoms with van der Waals surface area (Å²) in [7, 11) is 0. The summed E-state index contributed by atoms with van der Waals surface area (Å²) in [6.45, 7) is 6.74. The Hall–Kier alpha value is -0.370. The quantitative estimate of drug-likeness (QED) is 0.620. The summed E-state index contributed by atoms with van der Waals surface area (Å²) in [4.78, 5) is 23.1. The number of amides is 1. The van der Waals surface area contributed by atoms with Crippen molar-refractivity contribution >= 4 is 32.5 Å². The van der Waals surface area contributed by atoms with Crippen molar-refractivity contribution in [1.82, 2.24) is 5.32 Å². The van der Waals surface area contributed by atoms with E-state index in [-0.39, 0.29) is 15.3 Å². The molecule has 1 rings (SSSR count). The van der Waals surface area contributed by atoms with E-state index >= 15 is 0 Å². The van der Waals surface area contributed by atoms with Crippen molar-refractivity contribution in [1.29, 1.82) is 0 Å². The van der Waals surface area contributed by atoms with Crippen molar-refractivity contribution in [2.24, 2.45) is 5.41 Å². The zero-order valence-corrected chi connectivity index (χ0v) is 12.4. The van der Waals surface area contributed by atoms with Crippen LogP contribution in [0.5, 0.6) is 0 Å². The highest BCUT2D eigenvalue weighted by molar-refractivity contribution is 14.1. The van der Waals surface area contributed by atoms with Gasteiger partial charge in [-0.1, -0.05) is 20.8 Å². The molecule has 1 amide bonds. The van der Waals surface area contributed by atoms with E-state index in [1.165, 1.54) is 0 Å². The molecule has 1 aliphatic heterocycles.